The minimum absolute atomic E-state index is 0.418. The average Bonchev–Trinajstić information content (AvgIpc) is 4.12. The molecule has 2 aromatic carbocycles. The fourth-order valence-corrected chi connectivity index (χ4v) is 10.5. The first-order valence-electron chi connectivity index (χ1n) is 23.3. The maximum absolute atomic E-state index is 7.48. The van der Waals surface area contributed by atoms with Gasteiger partial charge in [0, 0.05) is 96.6 Å². The summed E-state index contributed by atoms with van der Waals surface area (Å²) in [5.41, 5.74) is 9.32. The van der Waals surface area contributed by atoms with Crippen LogP contribution < -0.4 is 10.6 Å². The van der Waals surface area contributed by atoms with Crippen LogP contribution >= 0.6 is 0 Å². The molecule has 10 rings (SSSR count). The Bertz CT molecular complexity index is 2690. The van der Waals surface area contributed by atoms with Crippen LogP contribution in [0.1, 0.15) is 62.5 Å². The van der Waals surface area contributed by atoms with Crippen LogP contribution in [0.2, 0.25) is 25.7 Å². The van der Waals surface area contributed by atoms with Gasteiger partial charge in [0.25, 0.3) is 0 Å². The second-order valence-corrected chi connectivity index (χ2v) is 25.1. The molecule has 2 aliphatic carbocycles. The third kappa shape index (κ3) is 9.43. The van der Waals surface area contributed by atoms with E-state index >= 15 is 0 Å². The predicted octanol–water partition coefficient (Wildman–Crippen LogP) is 10.8. The van der Waals surface area contributed by atoms with E-state index in [4.69, 9.17) is 27.8 Å². The minimum atomic E-state index is -1.15. The standard InChI is InChI=1S/C28H38N6OSi.C22H24N6/c1-20-17-30-28(31-24-10-11-25(24)33-12-6-7-13-33)32-27(20)23-18-34(19-35-14-15-36(3,4)5)26-16-21(29-2)8-9-22(23)26;1-14-12-25-22(26-18-7-8-20(18)28-9-3-4-10-28)27-21(14)17-13-24-19-11-15(23-2)5-6-16(17)19/h8-9,16-18,24-25H,6-7,10-15,19H2,1,3-5H3,(H,30,31,32);5-6,11-13,18,20,24H,3-4,7-10H2,1H3,(H,25,26,27)/t24-,25-;18-,20-/m00/s1. The van der Waals surface area contributed by atoms with Crippen LogP contribution in [0.5, 0.6) is 0 Å². The average molecular weight is 875 g/mol. The van der Waals surface area contributed by atoms with Crippen molar-refractivity contribution in [2.75, 3.05) is 43.4 Å². The molecule has 0 spiro atoms. The number of H-pyrrole nitrogens is 1. The lowest BCUT2D eigenvalue weighted by Gasteiger charge is -2.43. The highest BCUT2D eigenvalue weighted by Crippen LogP contribution is 2.37. The summed E-state index contributed by atoms with van der Waals surface area (Å²) in [6.45, 7) is 32.0. The number of hydrogen-bond donors (Lipinski definition) is 3. The van der Waals surface area contributed by atoms with E-state index in [2.05, 4.69) is 82.4 Å². The van der Waals surface area contributed by atoms with Crippen molar-refractivity contribution in [2.24, 2.45) is 0 Å². The van der Waals surface area contributed by atoms with E-state index in [9.17, 15) is 0 Å². The molecule has 0 amide bonds. The summed E-state index contributed by atoms with van der Waals surface area (Å²) in [4.78, 5) is 34.8. The summed E-state index contributed by atoms with van der Waals surface area (Å²) in [5.74, 6) is 1.41. The van der Waals surface area contributed by atoms with Crippen LogP contribution in [0.15, 0.2) is 61.2 Å². The van der Waals surface area contributed by atoms with Crippen molar-refractivity contribution in [3.05, 3.63) is 95.1 Å². The first kappa shape index (κ1) is 43.6. The van der Waals surface area contributed by atoms with Crippen LogP contribution in [-0.2, 0) is 11.5 Å². The van der Waals surface area contributed by atoms with Gasteiger partial charge in [0.05, 0.1) is 24.5 Å². The van der Waals surface area contributed by atoms with Gasteiger partial charge in [-0.2, -0.15) is 0 Å². The van der Waals surface area contributed by atoms with E-state index in [1.54, 1.807) is 0 Å². The van der Waals surface area contributed by atoms with E-state index in [1.165, 1.54) is 77.5 Å². The number of ether oxygens (including phenoxy) is 1. The zero-order valence-electron chi connectivity index (χ0n) is 38.1. The number of benzene rings is 2. The van der Waals surface area contributed by atoms with Gasteiger partial charge < -0.3 is 24.9 Å². The van der Waals surface area contributed by atoms with Gasteiger partial charge in [0.1, 0.15) is 6.73 Å². The molecular formula is C50H62N12OSi. The van der Waals surface area contributed by atoms with Gasteiger partial charge in [0.15, 0.2) is 11.4 Å². The zero-order chi connectivity index (χ0) is 44.4. The van der Waals surface area contributed by atoms with E-state index in [0.717, 1.165) is 68.1 Å². The summed E-state index contributed by atoms with van der Waals surface area (Å²) < 4.78 is 8.20. The van der Waals surface area contributed by atoms with Gasteiger partial charge in [0.2, 0.25) is 11.9 Å². The number of hydrogen-bond acceptors (Lipinski definition) is 9. The molecule has 4 atom stereocenters. The van der Waals surface area contributed by atoms with E-state index in [0.29, 0.717) is 54.2 Å². The van der Waals surface area contributed by atoms with Crippen molar-refractivity contribution in [1.29, 1.82) is 0 Å². The third-order valence-electron chi connectivity index (χ3n) is 13.8. The second-order valence-electron chi connectivity index (χ2n) is 19.4. The van der Waals surface area contributed by atoms with Gasteiger partial charge in [-0.15, -0.1) is 0 Å². The molecule has 2 aliphatic heterocycles. The summed E-state index contributed by atoms with van der Waals surface area (Å²) in [6.07, 6.45) is 18.1. The van der Waals surface area contributed by atoms with Crippen LogP contribution in [0.3, 0.4) is 0 Å². The van der Waals surface area contributed by atoms with Crippen molar-refractivity contribution in [3.8, 4) is 22.5 Å². The predicted molar refractivity (Wildman–Crippen MR) is 261 cm³/mol. The summed E-state index contributed by atoms with van der Waals surface area (Å²) in [7, 11) is -1.15. The zero-order valence-corrected chi connectivity index (χ0v) is 39.1. The summed E-state index contributed by atoms with van der Waals surface area (Å²) in [6, 6.07) is 14.8. The molecule has 4 aliphatic rings. The largest absolute Gasteiger partial charge is 0.362 e. The number of aromatic amines is 1. The number of aromatic nitrogens is 6. The number of nitrogens with one attached hydrogen (secondary N) is 3. The number of rotatable bonds is 13. The molecule has 0 bridgehead atoms. The van der Waals surface area contributed by atoms with Crippen molar-refractivity contribution >= 4 is 53.2 Å². The molecule has 0 radical (unpaired) electrons. The van der Waals surface area contributed by atoms with Gasteiger partial charge in [-0.1, -0.05) is 43.9 Å². The first-order chi connectivity index (χ1) is 31.0. The fourth-order valence-electron chi connectivity index (χ4n) is 9.79. The highest BCUT2D eigenvalue weighted by molar-refractivity contribution is 6.76. The highest BCUT2D eigenvalue weighted by atomic mass is 28.3. The Morgan fingerprint density at radius 1 is 0.734 bits per heavy atom. The molecule has 2 saturated heterocycles. The van der Waals surface area contributed by atoms with Gasteiger partial charge in [-0.25, -0.2) is 29.6 Å². The molecule has 4 aromatic heterocycles. The molecule has 332 valence electrons. The highest BCUT2D eigenvalue weighted by Gasteiger charge is 2.38. The Hall–Kier alpha value is -5.64. The molecule has 6 heterocycles. The number of anilines is 2. The van der Waals surface area contributed by atoms with Gasteiger partial charge in [-0.3, -0.25) is 9.80 Å². The molecule has 3 N–H and O–H groups in total. The van der Waals surface area contributed by atoms with Crippen molar-refractivity contribution in [2.45, 2.75) is 122 Å². The lowest BCUT2D eigenvalue weighted by molar-refractivity contribution is 0.0903. The fraction of sp³-hybridized carbons (Fsp3) is 0.480. The van der Waals surface area contributed by atoms with Crippen molar-refractivity contribution in [1.82, 2.24) is 39.3 Å². The SMILES string of the molecule is [C-]#[N+]c1ccc2c(-c3nc(N[C@H]4CC[C@@H]4N4CCCC4)ncc3C)c[nH]c2c1.[C-]#[N+]c1ccc2c(-c3nc(N[C@H]4CC[C@@H]4N4CCCC4)ncc3C)cn(COCC[Si](C)(C)C)c2c1. The lowest BCUT2D eigenvalue weighted by atomic mass is 9.85. The normalized spacial score (nSPS) is 21.2. The topological polar surface area (TPSA) is 121 Å². The van der Waals surface area contributed by atoms with Gasteiger partial charge >= 0.3 is 0 Å². The maximum atomic E-state index is 7.48. The molecule has 64 heavy (non-hydrogen) atoms. The van der Waals surface area contributed by atoms with E-state index in [1.807, 2.05) is 61.9 Å². The second kappa shape index (κ2) is 18.8. The third-order valence-corrected chi connectivity index (χ3v) is 15.5. The molecular weight excluding hydrogens is 813 g/mol. The number of likely N-dealkylation sites (tertiary alicyclic amines) is 2. The Morgan fingerprint density at radius 2 is 1.28 bits per heavy atom. The van der Waals surface area contributed by atoms with Crippen molar-refractivity contribution < 1.29 is 4.74 Å². The van der Waals surface area contributed by atoms with Crippen LogP contribution in [0.25, 0.3) is 54.0 Å². The molecule has 13 nitrogen and oxygen atoms in total. The lowest BCUT2D eigenvalue weighted by Crippen LogP contribution is -2.53. The van der Waals surface area contributed by atoms with E-state index < -0.39 is 8.07 Å². The Labute approximate surface area is 378 Å². The Morgan fingerprint density at radius 3 is 1.81 bits per heavy atom. The van der Waals surface area contributed by atoms with Crippen LogP contribution in [-0.4, -0.2) is 104 Å². The number of aryl methyl sites for hydroxylation is 2. The molecule has 2 saturated carbocycles. The molecule has 4 fully saturated rings. The Kier molecular flexibility index (Phi) is 12.8. The van der Waals surface area contributed by atoms with Gasteiger partial charge in [-0.05, 0) is 121 Å². The molecule has 0 unspecified atom stereocenters. The van der Waals surface area contributed by atoms with Crippen LogP contribution in [0, 0.1) is 27.0 Å². The monoisotopic (exact) mass is 874 g/mol. The quantitative estimate of drug-likeness (QED) is 0.0592. The first-order valence-corrected chi connectivity index (χ1v) is 27.0. The smallest absolute Gasteiger partial charge is 0.223 e. The number of nitrogens with zero attached hydrogens (tertiary/aromatic N) is 9. The maximum Gasteiger partial charge on any atom is 0.223 e. The molecule has 14 heteroatoms. The molecule has 6 aromatic rings. The van der Waals surface area contributed by atoms with Crippen molar-refractivity contribution in [3.63, 3.8) is 0 Å². The summed E-state index contributed by atoms with van der Waals surface area (Å²) >= 11 is 0. The van der Waals surface area contributed by atoms with Crippen LogP contribution in [0.4, 0.5) is 23.3 Å². The Balaban J connectivity index is 0.000000167. The summed E-state index contributed by atoms with van der Waals surface area (Å²) in [5, 5.41) is 9.40. The minimum Gasteiger partial charge on any atom is -0.362 e. The van der Waals surface area contributed by atoms with E-state index in [-0.39, 0.29) is 0 Å². The number of fused-ring (bicyclic) bond motifs is 2.